The summed E-state index contributed by atoms with van der Waals surface area (Å²) in [4.78, 5) is 13.2. The molecule has 0 radical (unpaired) electrons. The summed E-state index contributed by atoms with van der Waals surface area (Å²) in [5.74, 6) is -0.392. The molecule has 4 rings (SSSR count). The molecule has 0 bridgehead atoms. The van der Waals surface area contributed by atoms with Gasteiger partial charge in [-0.05, 0) is 37.1 Å². The zero-order valence-corrected chi connectivity index (χ0v) is 16.3. The molecule has 5 atom stereocenters. The molecule has 1 saturated heterocycles. The third-order valence-corrected chi connectivity index (χ3v) is 5.43. The first kappa shape index (κ1) is 20.6. The molecule has 0 amide bonds. The fourth-order valence-corrected chi connectivity index (χ4v) is 3.57. The summed E-state index contributed by atoms with van der Waals surface area (Å²) < 4.78 is 16.8. The predicted octanol–water partition coefficient (Wildman–Crippen LogP) is 0.447. The Balaban J connectivity index is 1.85. The monoisotopic (exact) mass is 418 g/mol. The number of aromatic hydroxyl groups is 1. The number of fused-ring (bicyclic) bond motifs is 2. The molecule has 2 aromatic carbocycles. The Morgan fingerprint density at radius 3 is 2.37 bits per heavy atom. The van der Waals surface area contributed by atoms with Crippen molar-refractivity contribution in [3.8, 4) is 11.5 Å². The van der Waals surface area contributed by atoms with E-state index in [0.717, 1.165) is 17.2 Å². The normalized spacial score (nSPS) is 26.9. The molecule has 1 aliphatic rings. The van der Waals surface area contributed by atoms with Gasteiger partial charge in [0, 0.05) is 12.1 Å². The number of ether oxygens (including phenoxy) is 2. The molecule has 0 spiro atoms. The van der Waals surface area contributed by atoms with Crippen molar-refractivity contribution in [2.75, 3.05) is 6.61 Å². The Morgan fingerprint density at radius 2 is 1.67 bits per heavy atom. The van der Waals surface area contributed by atoms with E-state index in [4.69, 9.17) is 13.9 Å². The first-order chi connectivity index (χ1) is 14.2. The lowest BCUT2D eigenvalue weighted by atomic mass is 9.99. The van der Waals surface area contributed by atoms with E-state index in [9.17, 15) is 30.3 Å². The number of hydrogen-bond acceptors (Lipinski definition) is 9. The molecule has 3 aromatic rings. The molecular weight excluding hydrogens is 396 g/mol. The average Bonchev–Trinajstić information content (AvgIpc) is 2.69. The summed E-state index contributed by atoms with van der Waals surface area (Å²) in [5, 5.41) is 49.9. The maximum Gasteiger partial charge on any atom is 0.229 e. The largest absolute Gasteiger partial charge is 0.508 e. The second-order valence-corrected chi connectivity index (χ2v) is 7.50. The van der Waals surface area contributed by atoms with Crippen LogP contribution in [-0.4, -0.2) is 62.8 Å². The molecule has 1 aromatic heterocycles. The molecule has 0 aliphatic carbocycles. The topological polar surface area (TPSA) is 150 Å². The van der Waals surface area contributed by atoms with Gasteiger partial charge in [-0.1, -0.05) is 0 Å². The summed E-state index contributed by atoms with van der Waals surface area (Å²) in [7, 11) is 0. The van der Waals surface area contributed by atoms with Crippen LogP contribution in [0.5, 0.6) is 11.5 Å². The first-order valence-electron chi connectivity index (χ1n) is 9.39. The lowest BCUT2D eigenvalue weighted by Gasteiger charge is -2.39. The van der Waals surface area contributed by atoms with Gasteiger partial charge in [0.25, 0.3) is 0 Å². The van der Waals surface area contributed by atoms with E-state index < -0.39 is 42.7 Å². The van der Waals surface area contributed by atoms with Gasteiger partial charge >= 0.3 is 0 Å². The van der Waals surface area contributed by atoms with E-state index in [1.807, 2.05) is 13.8 Å². The number of rotatable bonds is 3. The summed E-state index contributed by atoms with van der Waals surface area (Å²) in [5.41, 5.74) is 1.83. The Kier molecular flexibility index (Phi) is 5.16. The number of hydrogen-bond donors (Lipinski definition) is 5. The Morgan fingerprint density at radius 1 is 0.967 bits per heavy atom. The first-order valence-corrected chi connectivity index (χ1v) is 9.39. The molecule has 0 saturated carbocycles. The molecule has 1 aliphatic heterocycles. The maximum atomic E-state index is 13.2. The molecular formula is C21H22O9. The van der Waals surface area contributed by atoms with Crippen LogP contribution < -0.4 is 10.2 Å². The number of aryl methyl sites for hydroxylation is 2. The van der Waals surface area contributed by atoms with Crippen LogP contribution >= 0.6 is 0 Å². The number of phenolic OH excluding ortho intramolecular Hbond substituents is 1. The number of phenols is 1. The van der Waals surface area contributed by atoms with Gasteiger partial charge in [0.05, 0.1) is 12.0 Å². The fraction of sp³-hybridized carbons (Fsp3) is 0.381. The molecule has 9 nitrogen and oxygen atoms in total. The molecule has 160 valence electrons. The zero-order chi connectivity index (χ0) is 21.7. The molecule has 1 fully saturated rings. The minimum atomic E-state index is -1.67. The molecule has 2 heterocycles. The van der Waals surface area contributed by atoms with Crippen molar-refractivity contribution in [1.29, 1.82) is 0 Å². The van der Waals surface area contributed by atoms with Crippen LogP contribution in [0.2, 0.25) is 0 Å². The van der Waals surface area contributed by atoms with Gasteiger partial charge in [-0.15, -0.1) is 0 Å². The maximum absolute atomic E-state index is 13.2. The highest BCUT2D eigenvalue weighted by molar-refractivity contribution is 5.94. The van der Waals surface area contributed by atoms with Gasteiger partial charge in [0.15, 0.2) is 0 Å². The van der Waals surface area contributed by atoms with Crippen molar-refractivity contribution in [1.82, 2.24) is 0 Å². The van der Waals surface area contributed by atoms with Crippen LogP contribution in [0.4, 0.5) is 0 Å². The van der Waals surface area contributed by atoms with Crippen molar-refractivity contribution in [2.24, 2.45) is 0 Å². The SMILES string of the molecule is Cc1cc2oc3cc(O)cc(O[C@@H]4O[C@H](CO)[C@@H](O)[C@H](O)[C@H]4O)c3c(=O)c2cc1C. The highest BCUT2D eigenvalue weighted by Crippen LogP contribution is 2.34. The summed E-state index contributed by atoms with van der Waals surface area (Å²) >= 11 is 0. The van der Waals surface area contributed by atoms with Crippen molar-refractivity contribution in [3.63, 3.8) is 0 Å². The number of benzene rings is 2. The van der Waals surface area contributed by atoms with Crippen LogP contribution in [0.15, 0.2) is 33.5 Å². The van der Waals surface area contributed by atoms with E-state index >= 15 is 0 Å². The van der Waals surface area contributed by atoms with E-state index in [1.54, 1.807) is 12.1 Å². The Bertz CT molecular complexity index is 1170. The zero-order valence-electron chi connectivity index (χ0n) is 16.3. The second kappa shape index (κ2) is 7.53. The standard InChI is InChI=1S/C21H22O9/c1-8-3-11-12(4-9(8)2)28-13-5-10(23)6-14(16(13)17(11)24)29-21-20(27)19(26)18(25)15(7-22)30-21/h3-6,15,18-23,25-27H,7H2,1-2H3/t15-,18-,19+,20-,21-/m1/s1. The van der Waals surface area contributed by atoms with Gasteiger partial charge in [-0.3, -0.25) is 4.79 Å². The second-order valence-electron chi connectivity index (χ2n) is 7.50. The van der Waals surface area contributed by atoms with Gasteiger partial charge in [0.2, 0.25) is 11.7 Å². The van der Waals surface area contributed by atoms with Gasteiger partial charge in [0.1, 0.15) is 52.5 Å². The summed E-state index contributed by atoms with van der Waals surface area (Å²) in [6.45, 7) is 3.12. The third kappa shape index (κ3) is 3.30. The van der Waals surface area contributed by atoms with Crippen LogP contribution in [0.1, 0.15) is 11.1 Å². The number of aliphatic hydroxyl groups excluding tert-OH is 4. The van der Waals surface area contributed by atoms with Crippen LogP contribution in [-0.2, 0) is 4.74 Å². The van der Waals surface area contributed by atoms with Gasteiger partial charge < -0.3 is 39.4 Å². The van der Waals surface area contributed by atoms with Crippen LogP contribution in [0, 0.1) is 13.8 Å². The lowest BCUT2D eigenvalue weighted by Crippen LogP contribution is -2.60. The molecule has 9 heteroatoms. The minimum Gasteiger partial charge on any atom is -0.508 e. The lowest BCUT2D eigenvalue weighted by molar-refractivity contribution is -0.277. The van der Waals surface area contributed by atoms with Gasteiger partial charge in [-0.25, -0.2) is 0 Å². The van der Waals surface area contributed by atoms with Crippen LogP contribution in [0.25, 0.3) is 21.9 Å². The highest BCUT2D eigenvalue weighted by atomic mass is 16.7. The number of aliphatic hydroxyl groups is 4. The van der Waals surface area contributed by atoms with Crippen molar-refractivity contribution < 1.29 is 39.4 Å². The Hall–Kier alpha value is -2.69. The van der Waals surface area contributed by atoms with Crippen LogP contribution in [0.3, 0.4) is 0 Å². The van der Waals surface area contributed by atoms with E-state index in [2.05, 4.69) is 0 Å². The Labute approximate surface area is 170 Å². The van der Waals surface area contributed by atoms with Crippen molar-refractivity contribution in [2.45, 2.75) is 44.6 Å². The summed E-state index contributed by atoms with van der Waals surface area (Å²) in [6, 6.07) is 5.85. The third-order valence-electron chi connectivity index (χ3n) is 5.43. The molecule has 30 heavy (non-hydrogen) atoms. The van der Waals surface area contributed by atoms with Crippen molar-refractivity contribution >= 4 is 21.9 Å². The van der Waals surface area contributed by atoms with Crippen molar-refractivity contribution in [3.05, 3.63) is 45.6 Å². The van der Waals surface area contributed by atoms with Gasteiger partial charge in [-0.2, -0.15) is 0 Å². The average molecular weight is 418 g/mol. The van der Waals surface area contributed by atoms with E-state index in [-0.39, 0.29) is 22.5 Å². The summed E-state index contributed by atoms with van der Waals surface area (Å²) in [6.07, 6.45) is -7.56. The quantitative estimate of drug-likeness (QED) is 0.382. The van der Waals surface area contributed by atoms with E-state index in [0.29, 0.717) is 11.0 Å². The minimum absolute atomic E-state index is 0.0144. The smallest absolute Gasteiger partial charge is 0.229 e. The predicted molar refractivity (Wildman–Crippen MR) is 106 cm³/mol. The molecule has 0 unspecified atom stereocenters. The highest BCUT2D eigenvalue weighted by Gasteiger charge is 2.45. The molecule has 5 N–H and O–H groups in total. The fourth-order valence-electron chi connectivity index (χ4n) is 3.57. The van der Waals surface area contributed by atoms with E-state index in [1.165, 1.54) is 6.07 Å².